The molecule has 0 radical (unpaired) electrons. The number of benzene rings is 1. The third-order valence-corrected chi connectivity index (χ3v) is 4.34. The number of nitrogens with two attached hydrogens (primary N) is 1. The molecular weight excluding hydrogens is 292 g/mol. The highest BCUT2D eigenvalue weighted by Gasteiger charge is 2.16. The second-order valence-electron chi connectivity index (χ2n) is 5.30. The summed E-state index contributed by atoms with van der Waals surface area (Å²) in [5, 5.41) is 3.34. The summed E-state index contributed by atoms with van der Waals surface area (Å²) in [6, 6.07) is 5.17. The Kier molecular flexibility index (Phi) is 5.38. The molecule has 0 aromatic heterocycles. The Labute approximate surface area is 129 Å². The van der Waals surface area contributed by atoms with Crippen LogP contribution in [0.25, 0.3) is 0 Å². The van der Waals surface area contributed by atoms with E-state index in [1.807, 2.05) is 0 Å². The van der Waals surface area contributed by atoms with E-state index in [1.54, 1.807) is 18.2 Å². The Hall–Kier alpha value is -1.13. The van der Waals surface area contributed by atoms with Crippen molar-refractivity contribution in [3.63, 3.8) is 0 Å². The third-order valence-electron chi connectivity index (χ3n) is 3.78. The number of thiocarbonyl (C=S) groups is 1. The van der Waals surface area contributed by atoms with Crippen molar-refractivity contribution >= 4 is 40.4 Å². The van der Waals surface area contributed by atoms with Crippen LogP contribution in [0.2, 0.25) is 5.02 Å². The number of carbonyl (C=O) groups excluding carboxylic acids is 1. The fourth-order valence-corrected chi connectivity index (χ4v) is 2.91. The molecule has 5 heteroatoms. The topological polar surface area (TPSA) is 55.1 Å². The monoisotopic (exact) mass is 310 g/mol. The van der Waals surface area contributed by atoms with E-state index in [0.29, 0.717) is 33.6 Å². The van der Waals surface area contributed by atoms with Crippen LogP contribution in [-0.4, -0.2) is 10.9 Å². The lowest BCUT2D eigenvalue weighted by Gasteiger charge is -2.11. The largest absolute Gasteiger partial charge is 0.389 e. The summed E-state index contributed by atoms with van der Waals surface area (Å²) in [6.07, 6.45) is 6.61. The first kappa shape index (κ1) is 15.3. The molecule has 1 saturated carbocycles. The predicted molar refractivity (Wildman–Crippen MR) is 87.2 cm³/mol. The SMILES string of the molecule is NC(=S)c1ccc(Cl)c(NC(=O)CCC2CCCC2)c1. The average molecular weight is 311 g/mol. The molecule has 20 heavy (non-hydrogen) atoms. The molecule has 1 aliphatic carbocycles. The van der Waals surface area contributed by atoms with Crippen molar-refractivity contribution in [3.8, 4) is 0 Å². The molecule has 0 spiro atoms. The van der Waals surface area contributed by atoms with Gasteiger partial charge in [-0.25, -0.2) is 0 Å². The lowest BCUT2D eigenvalue weighted by molar-refractivity contribution is -0.116. The van der Waals surface area contributed by atoms with Gasteiger partial charge in [-0.3, -0.25) is 4.79 Å². The third kappa shape index (κ3) is 4.18. The summed E-state index contributed by atoms with van der Waals surface area (Å²) in [5.74, 6) is 0.707. The molecule has 2 rings (SSSR count). The summed E-state index contributed by atoms with van der Waals surface area (Å²) in [6.45, 7) is 0. The Morgan fingerprint density at radius 3 is 2.75 bits per heavy atom. The molecule has 3 nitrogen and oxygen atoms in total. The van der Waals surface area contributed by atoms with Crippen LogP contribution in [0, 0.1) is 5.92 Å². The fourth-order valence-electron chi connectivity index (χ4n) is 2.62. The maximum absolute atomic E-state index is 12.0. The van der Waals surface area contributed by atoms with Gasteiger partial charge in [0.25, 0.3) is 0 Å². The minimum atomic E-state index is -0.00103. The zero-order valence-corrected chi connectivity index (χ0v) is 12.9. The van der Waals surface area contributed by atoms with E-state index in [-0.39, 0.29) is 5.91 Å². The minimum Gasteiger partial charge on any atom is -0.389 e. The molecule has 0 heterocycles. The standard InChI is InChI=1S/C15H19ClN2OS/c16-12-7-6-11(15(17)20)9-13(12)18-14(19)8-5-10-3-1-2-4-10/h6-7,9-10H,1-5,8H2,(H2,17,20)(H,18,19). The van der Waals surface area contributed by atoms with Crippen molar-refractivity contribution in [2.45, 2.75) is 38.5 Å². The first-order chi connectivity index (χ1) is 9.56. The lowest BCUT2D eigenvalue weighted by atomic mass is 10.0. The van der Waals surface area contributed by atoms with Gasteiger partial charge in [0, 0.05) is 12.0 Å². The van der Waals surface area contributed by atoms with Crippen LogP contribution >= 0.6 is 23.8 Å². The molecular formula is C15H19ClN2OS. The van der Waals surface area contributed by atoms with Crippen molar-refractivity contribution in [1.29, 1.82) is 0 Å². The van der Waals surface area contributed by atoms with Crippen molar-refractivity contribution < 1.29 is 4.79 Å². The number of anilines is 1. The van der Waals surface area contributed by atoms with E-state index in [2.05, 4.69) is 5.32 Å². The van der Waals surface area contributed by atoms with E-state index in [4.69, 9.17) is 29.6 Å². The van der Waals surface area contributed by atoms with Gasteiger partial charge in [-0.1, -0.05) is 55.6 Å². The van der Waals surface area contributed by atoms with Crippen LogP contribution in [0.1, 0.15) is 44.1 Å². The molecule has 3 N–H and O–H groups in total. The van der Waals surface area contributed by atoms with Gasteiger partial charge in [-0.2, -0.15) is 0 Å². The van der Waals surface area contributed by atoms with Gasteiger partial charge in [0.15, 0.2) is 0 Å². The zero-order chi connectivity index (χ0) is 14.5. The fraction of sp³-hybridized carbons (Fsp3) is 0.467. The van der Waals surface area contributed by atoms with Crippen molar-refractivity contribution in [2.24, 2.45) is 11.7 Å². The van der Waals surface area contributed by atoms with E-state index >= 15 is 0 Å². The summed E-state index contributed by atoms with van der Waals surface area (Å²) in [5.41, 5.74) is 6.86. The molecule has 0 bridgehead atoms. The predicted octanol–water partition coefficient (Wildman–Crippen LogP) is 3.88. The molecule has 1 amide bonds. The smallest absolute Gasteiger partial charge is 0.224 e. The molecule has 1 aliphatic rings. The van der Waals surface area contributed by atoms with Crippen molar-refractivity contribution in [3.05, 3.63) is 28.8 Å². The minimum absolute atomic E-state index is 0.00103. The second kappa shape index (κ2) is 7.04. The highest BCUT2D eigenvalue weighted by molar-refractivity contribution is 7.80. The van der Waals surface area contributed by atoms with Gasteiger partial charge >= 0.3 is 0 Å². The van der Waals surface area contributed by atoms with Gasteiger partial charge in [0.2, 0.25) is 5.91 Å². The van der Waals surface area contributed by atoms with E-state index in [1.165, 1.54) is 25.7 Å². The van der Waals surface area contributed by atoms with Gasteiger partial charge in [-0.05, 0) is 24.5 Å². The zero-order valence-electron chi connectivity index (χ0n) is 11.3. The van der Waals surface area contributed by atoms with E-state index in [0.717, 1.165) is 6.42 Å². The lowest BCUT2D eigenvalue weighted by Crippen LogP contribution is -2.14. The van der Waals surface area contributed by atoms with Crippen LogP contribution in [0.3, 0.4) is 0 Å². The maximum atomic E-state index is 12.0. The summed E-state index contributed by atoms with van der Waals surface area (Å²) < 4.78 is 0. The van der Waals surface area contributed by atoms with Crippen molar-refractivity contribution in [1.82, 2.24) is 0 Å². The molecule has 0 saturated heterocycles. The molecule has 0 atom stereocenters. The molecule has 1 fully saturated rings. The number of hydrogen-bond acceptors (Lipinski definition) is 2. The highest BCUT2D eigenvalue weighted by Crippen LogP contribution is 2.29. The quantitative estimate of drug-likeness (QED) is 0.811. The number of nitrogens with one attached hydrogen (secondary N) is 1. The van der Waals surface area contributed by atoms with Gasteiger partial charge in [0.05, 0.1) is 10.7 Å². The van der Waals surface area contributed by atoms with Gasteiger partial charge in [0.1, 0.15) is 4.99 Å². The van der Waals surface area contributed by atoms with Crippen molar-refractivity contribution in [2.75, 3.05) is 5.32 Å². The van der Waals surface area contributed by atoms with Gasteiger partial charge in [-0.15, -0.1) is 0 Å². The molecule has 1 aromatic carbocycles. The van der Waals surface area contributed by atoms with Gasteiger partial charge < -0.3 is 11.1 Å². The Morgan fingerprint density at radius 2 is 2.10 bits per heavy atom. The highest BCUT2D eigenvalue weighted by atomic mass is 35.5. The first-order valence-corrected chi connectivity index (χ1v) is 7.74. The normalized spacial score (nSPS) is 15.2. The Balaban J connectivity index is 1.92. The van der Waals surface area contributed by atoms with E-state index < -0.39 is 0 Å². The molecule has 0 unspecified atom stereocenters. The first-order valence-electron chi connectivity index (χ1n) is 6.95. The van der Waals surface area contributed by atoms with Crippen LogP contribution in [0.4, 0.5) is 5.69 Å². The van der Waals surface area contributed by atoms with E-state index in [9.17, 15) is 4.79 Å². The number of carbonyl (C=O) groups is 1. The Morgan fingerprint density at radius 1 is 1.40 bits per heavy atom. The van der Waals surface area contributed by atoms with Crippen LogP contribution in [0.5, 0.6) is 0 Å². The Bertz CT molecular complexity index is 513. The molecule has 1 aromatic rings. The number of hydrogen-bond donors (Lipinski definition) is 2. The maximum Gasteiger partial charge on any atom is 0.224 e. The van der Waals surface area contributed by atoms with Crippen LogP contribution < -0.4 is 11.1 Å². The summed E-state index contributed by atoms with van der Waals surface area (Å²) in [7, 11) is 0. The number of halogens is 1. The molecule has 0 aliphatic heterocycles. The summed E-state index contributed by atoms with van der Waals surface area (Å²) in [4.78, 5) is 12.3. The number of amides is 1. The van der Waals surface area contributed by atoms with Crippen LogP contribution in [-0.2, 0) is 4.79 Å². The summed E-state index contributed by atoms with van der Waals surface area (Å²) >= 11 is 11.0. The number of rotatable bonds is 5. The van der Waals surface area contributed by atoms with Crippen LogP contribution in [0.15, 0.2) is 18.2 Å². The average Bonchev–Trinajstić information content (AvgIpc) is 2.92. The molecule has 108 valence electrons. The second-order valence-corrected chi connectivity index (χ2v) is 6.14.